The van der Waals surface area contributed by atoms with Gasteiger partial charge in [-0.1, -0.05) is 27.4 Å². The van der Waals surface area contributed by atoms with E-state index >= 15 is 0 Å². The maximum absolute atomic E-state index is 3.87. The fourth-order valence-corrected chi connectivity index (χ4v) is 0.284. The Morgan fingerprint density at radius 2 is 2.00 bits per heavy atom. The minimum absolute atomic E-state index is 0.149. The van der Waals surface area contributed by atoms with Crippen molar-refractivity contribution in [3.63, 3.8) is 0 Å². The zero-order chi connectivity index (χ0) is 7.33. The molecule has 2 nitrogen and oxygen atoms in total. The Morgan fingerprint density at radius 1 is 1.44 bits per heavy atom. The molecular formula is C7H14N2. The van der Waals surface area contributed by atoms with Crippen LogP contribution in [0.2, 0.25) is 0 Å². The van der Waals surface area contributed by atoms with Gasteiger partial charge in [-0.15, -0.1) is 0 Å². The Morgan fingerprint density at radius 3 is 2.33 bits per heavy atom. The average Bonchev–Trinajstić information content (AvgIpc) is 1.63. The van der Waals surface area contributed by atoms with Gasteiger partial charge in [-0.05, 0) is 5.41 Å². The number of nitrogens with zero attached hydrogens (tertiary/aromatic N) is 1. The maximum atomic E-state index is 3.87. The van der Waals surface area contributed by atoms with E-state index in [9.17, 15) is 0 Å². The van der Waals surface area contributed by atoms with Crippen molar-refractivity contribution in [2.24, 2.45) is 10.5 Å². The van der Waals surface area contributed by atoms with Crippen LogP contribution in [0.1, 0.15) is 20.8 Å². The Bertz CT molecular complexity index is 109. The minimum Gasteiger partial charge on any atom is -0.287 e. The molecule has 52 valence electrons. The molecule has 0 radical (unpaired) electrons. The second kappa shape index (κ2) is 3.28. The van der Waals surface area contributed by atoms with Crippen molar-refractivity contribution in [3.05, 3.63) is 12.8 Å². The Balaban J connectivity index is 3.57. The zero-order valence-electron chi connectivity index (χ0n) is 6.31. The van der Waals surface area contributed by atoms with Gasteiger partial charge in [0.25, 0.3) is 0 Å². The fraction of sp³-hybridized carbons (Fsp3) is 0.571. The van der Waals surface area contributed by atoms with Gasteiger partial charge in [0.05, 0.1) is 0 Å². The molecule has 0 atom stereocenters. The number of nitrogens with one attached hydrogen (secondary N) is 1. The van der Waals surface area contributed by atoms with Crippen LogP contribution in [-0.2, 0) is 0 Å². The van der Waals surface area contributed by atoms with E-state index < -0.39 is 0 Å². The molecule has 1 N–H and O–H groups in total. The lowest BCUT2D eigenvalue weighted by Gasteiger charge is -2.08. The van der Waals surface area contributed by atoms with Crippen LogP contribution in [0.5, 0.6) is 0 Å². The molecule has 0 bridgehead atoms. The van der Waals surface area contributed by atoms with E-state index in [0.717, 1.165) is 0 Å². The van der Waals surface area contributed by atoms with E-state index in [2.05, 4.69) is 37.9 Å². The molecule has 0 amide bonds. The summed E-state index contributed by atoms with van der Waals surface area (Å²) in [4.78, 5) is 0. The standard InChI is InChI=1S/C7H14N2/c1-5-8-9-6-7(2,3)4/h5-6,8H,1H2,2-4H3/b9-6-. The summed E-state index contributed by atoms with van der Waals surface area (Å²) < 4.78 is 0. The van der Waals surface area contributed by atoms with Crippen molar-refractivity contribution in [2.45, 2.75) is 20.8 Å². The molecule has 0 aliphatic carbocycles. The highest BCUT2D eigenvalue weighted by Gasteiger charge is 2.03. The van der Waals surface area contributed by atoms with Gasteiger partial charge in [0, 0.05) is 12.4 Å². The second-order valence-electron chi connectivity index (χ2n) is 2.96. The predicted octanol–water partition coefficient (Wildman–Crippen LogP) is 1.75. The van der Waals surface area contributed by atoms with Crippen LogP contribution in [0.15, 0.2) is 17.9 Å². The minimum atomic E-state index is 0.149. The quantitative estimate of drug-likeness (QED) is 0.442. The van der Waals surface area contributed by atoms with Gasteiger partial charge in [-0.3, -0.25) is 5.43 Å². The van der Waals surface area contributed by atoms with Crippen molar-refractivity contribution >= 4 is 6.21 Å². The zero-order valence-corrected chi connectivity index (χ0v) is 6.31. The van der Waals surface area contributed by atoms with Gasteiger partial charge in [0.15, 0.2) is 0 Å². The monoisotopic (exact) mass is 126 g/mol. The first-order valence-corrected chi connectivity index (χ1v) is 2.97. The van der Waals surface area contributed by atoms with Crippen LogP contribution in [0.25, 0.3) is 0 Å². The van der Waals surface area contributed by atoms with Crippen molar-refractivity contribution in [1.82, 2.24) is 5.43 Å². The lowest BCUT2D eigenvalue weighted by Crippen LogP contribution is -2.08. The molecule has 0 heterocycles. The average molecular weight is 126 g/mol. The van der Waals surface area contributed by atoms with Gasteiger partial charge in [0.2, 0.25) is 0 Å². The molecule has 2 heteroatoms. The van der Waals surface area contributed by atoms with E-state index in [1.807, 2.05) is 6.21 Å². The van der Waals surface area contributed by atoms with Gasteiger partial charge in [0.1, 0.15) is 0 Å². The largest absolute Gasteiger partial charge is 0.287 e. The van der Waals surface area contributed by atoms with Crippen LogP contribution in [0.3, 0.4) is 0 Å². The van der Waals surface area contributed by atoms with E-state index in [-0.39, 0.29) is 5.41 Å². The number of hydrogen-bond acceptors (Lipinski definition) is 2. The van der Waals surface area contributed by atoms with Gasteiger partial charge in [-0.2, -0.15) is 5.10 Å². The summed E-state index contributed by atoms with van der Waals surface area (Å²) in [5, 5.41) is 3.87. The van der Waals surface area contributed by atoms with Crippen molar-refractivity contribution < 1.29 is 0 Å². The van der Waals surface area contributed by atoms with Crippen LogP contribution >= 0.6 is 0 Å². The topological polar surface area (TPSA) is 24.4 Å². The molecule has 0 rings (SSSR count). The Hall–Kier alpha value is -0.790. The molecule has 0 aliphatic rings. The molecule has 9 heavy (non-hydrogen) atoms. The van der Waals surface area contributed by atoms with Gasteiger partial charge < -0.3 is 0 Å². The predicted molar refractivity (Wildman–Crippen MR) is 41.3 cm³/mol. The van der Waals surface area contributed by atoms with Crippen molar-refractivity contribution in [3.8, 4) is 0 Å². The lowest BCUT2D eigenvalue weighted by molar-refractivity contribution is 0.602. The number of hydrazone groups is 1. The highest BCUT2D eigenvalue weighted by molar-refractivity contribution is 5.63. The molecule has 0 spiro atoms. The molecule has 0 unspecified atom stereocenters. The molecule has 0 aliphatic heterocycles. The number of hydrogen-bond donors (Lipinski definition) is 1. The molecule has 0 aromatic carbocycles. The summed E-state index contributed by atoms with van der Waals surface area (Å²) in [5.41, 5.74) is 2.79. The van der Waals surface area contributed by atoms with E-state index in [1.165, 1.54) is 0 Å². The molecule has 0 fully saturated rings. The third-order valence-electron chi connectivity index (χ3n) is 0.618. The third-order valence-corrected chi connectivity index (χ3v) is 0.618. The molecule has 0 saturated heterocycles. The lowest BCUT2D eigenvalue weighted by atomic mass is 9.99. The SMILES string of the molecule is C=CN/N=C\C(C)(C)C. The maximum Gasteiger partial charge on any atom is 0.0300 e. The van der Waals surface area contributed by atoms with E-state index in [1.54, 1.807) is 6.20 Å². The summed E-state index contributed by atoms with van der Waals surface area (Å²) in [5.74, 6) is 0. The fourth-order valence-electron chi connectivity index (χ4n) is 0.284. The first-order valence-electron chi connectivity index (χ1n) is 2.97. The first kappa shape index (κ1) is 8.21. The second-order valence-corrected chi connectivity index (χ2v) is 2.96. The van der Waals surface area contributed by atoms with Gasteiger partial charge >= 0.3 is 0 Å². The first-order chi connectivity index (χ1) is 4.06. The Kier molecular flexibility index (Phi) is 2.99. The van der Waals surface area contributed by atoms with Crippen LogP contribution in [0, 0.1) is 5.41 Å². The van der Waals surface area contributed by atoms with Crippen LogP contribution in [-0.4, -0.2) is 6.21 Å². The molecule has 0 saturated carbocycles. The van der Waals surface area contributed by atoms with E-state index in [4.69, 9.17) is 0 Å². The Labute approximate surface area is 56.7 Å². The molecule has 0 aromatic heterocycles. The molecular weight excluding hydrogens is 112 g/mol. The molecule has 0 aromatic rings. The summed E-state index contributed by atoms with van der Waals surface area (Å²) in [6.07, 6.45) is 3.39. The summed E-state index contributed by atoms with van der Waals surface area (Å²) in [6, 6.07) is 0. The van der Waals surface area contributed by atoms with Crippen molar-refractivity contribution in [2.75, 3.05) is 0 Å². The number of rotatable bonds is 2. The highest BCUT2D eigenvalue weighted by Crippen LogP contribution is 2.07. The smallest absolute Gasteiger partial charge is 0.0300 e. The summed E-state index contributed by atoms with van der Waals surface area (Å²) in [6.45, 7) is 9.71. The van der Waals surface area contributed by atoms with Crippen molar-refractivity contribution in [1.29, 1.82) is 0 Å². The summed E-state index contributed by atoms with van der Waals surface area (Å²) >= 11 is 0. The van der Waals surface area contributed by atoms with Crippen LogP contribution < -0.4 is 5.43 Å². The normalized spacial score (nSPS) is 11.9. The summed E-state index contributed by atoms with van der Waals surface area (Å²) in [7, 11) is 0. The van der Waals surface area contributed by atoms with Crippen LogP contribution in [0.4, 0.5) is 0 Å². The van der Waals surface area contributed by atoms with Gasteiger partial charge in [-0.25, -0.2) is 0 Å². The third kappa shape index (κ3) is 7.21. The highest BCUT2D eigenvalue weighted by atomic mass is 15.3. The van der Waals surface area contributed by atoms with E-state index in [0.29, 0.717) is 0 Å².